The van der Waals surface area contributed by atoms with Crippen molar-refractivity contribution < 1.29 is 4.42 Å². The molecule has 2 aromatic heterocycles. The van der Waals surface area contributed by atoms with Crippen molar-refractivity contribution in [1.29, 1.82) is 0 Å². The van der Waals surface area contributed by atoms with Crippen molar-refractivity contribution in [3.63, 3.8) is 0 Å². The summed E-state index contributed by atoms with van der Waals surface area (Å²) < 4.78 is 9.06. The highest BCUT2D eigenvalue weighted by molar-refractivity contribution is 7.26. The number of fused-ring (bicyclic) bond motifs is 8. The second-order valence-corrected chi connectivity index (χ2v) is 17.9. The van der Waals surface area contributed by atoms with Gasteiger partial charge in [-0.3, -0.25) is 0 Å². The van der Waals surface area contributed by atoms with Crippen molar-refractivity contribution in [3.05, 3.63) is 243 Å². The Morgan fingerprint density at radius 2 is 0.894 bits per heavy atom. The number of thiophene rings is 1. The molecule has 0 saturated heterocycles. The van der Waals surface area contributed by atoms with E-state index in [1.54, 1.807) is 0 Å². The Hall–Kier alpha value is -8.44. The van der Waals surface area contributed by atoms with Gasteiger partial charge in [0.05, 0.1) is 16.1 Å². The Morgan fingerprint density at radius 1 is 0.318 bits per heavy atom. The number of hydrogen-bond donors (Lipinski definition) is 0. The third kappa shape index (κ3) is 6.42. The molecular formula is C62H40N2OS. The van der Waals surface area contributed by atoms with Gasteiger partial charge in [-0.2, -0.15) is 0 Å². The molecule has 0 saturated carbocycles. The van der Waals surface area contributed by atoms with Crippen LogP contribution >= 0.6 is 11.3 Å². The van der Waals surface area contributed by atoms with Gasteiger partial charge in [-0.15, -0.1) is 11.3 Å². The molecule has 0 atom stereocenters. The van der Waals surface area contributed by atoms with E-state index in [0.29, 0.717) is 0 Å². The average Bonchev–Trinajstić information content (AvgIpc) is 3.95. The highest BCUT2D eigenvalue weighted by atomic mass is 32.1. The van der Waals surface area contributed by atoms with Crippen molar-refractivity contribution in [2.24, 2.45) is 0 Å². The molecule has 0 spiro atoms. The molecule has 3 nitrogen and oxygen atoms in total. The van der Waals surface area contributed by atoms with Crippen LogP contribution in [-0.2, 0) is 0 Å². The van der Waals surface area contributed by atoms with Gasteiger partial charge in [0.2, 0.25) is 0 Å². The Balaban J connectivity index is 1.15. The number of para-hydroxylation sites is 3. The fraction of sp³-hybridized carbons (Fsp3) is 0. The molecule has 0 bridgehead atoms. The maximum absolute atomic E-state index is 6.62. The van der Waals surface area contributed by atoms with Crippen molar-refractivity contribution in [2.75, 3.05) is 9.80 Å². The Labute approximate surface area is 386 Å². The van der Waals surface area contributed by atoms with Crippen molar-refractivity contribution >= 4 is 109 Å². The molecule has 4 heteroatoms. The molecule has 0 aliphatic carbocycles. The van der Waals surface area contributed by atoms with E-state index in [1.807, 2.05) is 17.4 Å². The number of furan rings is 1. The molecule has 0 amide bonds. The zero-order valence-corrected chi connectivity index (χ0v) is 36.6. The number of benzene rings is 11. The summed E-state index contributed by atoms with van der Waals surface area (Å²) in [5.41, 5.74) is 12.9. The van der Waals surface area contributed by atoms with E-state index >= 15 is 0 Å². The number of hydrogen-bond acceptors (Lipinski definition) is 4. The second-order valence-electron chi connectivity index (χ2n) is 16.9. The third-order valence-corrected chi connectivity index (χ3v) is 14.1. The van der Waals surface area contributed by atoms with Crippen molar-refractivity contribution in [3.8, 4) is 22.3 Å². The molecule has 0 N–H and O–H groups in total. The molecule has 13 rings (SSSR count). The number of rotatable bonds is 8. The smallest absolute Gasteiger partial charge is 0.137 e. The van der Waals surface area contributed by atoms with Crippen LogP contribution in [0.5, 0.6) is 0 Å². The average molecular weight is 861 g/mol. The molecule has 11 aromatic carbocycles. The van der Waals surface area contributed by atoms with E-state index in [2.05, 4.69) is 246 Å². The van der Waals surface area contributed by atoms with E-state index < -0.39 is 0 Å². The van der Waals surface area contributed by atoms with Gasteiger partial charge >= 0.3 is 0 Å². The van der Waals surface area contributed by atoms with Crippen LogP contribution in [-0.4, -0.2) is 0 Å². The summed E-state index contributed by atoms with van der Waals surface area (Å²) >= 11 is 1.87. The summed E-state index contributed by atoms with van der Waals surface area (Å²) in [6.45, 7) is 0. The lowest BCUT2D eigenvalue weighted by Crippen LogP contribution is -2.11. The largest absolute Gasteiger partial charge is 0.456 e. The topological polar surface area (TPSA) is 19.6 Å². The molecular weight excluding hydrogens is 821 g/mol. The fourth-order valence-electron chi connectivity index (χ4n) is 9.91. The zero-order valence-electron chi connectivity index (χ0n) is 35.8. The predicted octanol–water partition coefficient (Wildman–Crippen LogP) is 18.5. The predicted molar refractivity (Wildman–Crippen MR) is 282 cm³/mol. The SMILES string of the molecule is c1ccc(-c2cc(-c3ccccc3)cc(N(c3ccc4c(c3)oc3ccccc34)c3cccc4sc5c(N(c6ccccc6)c6ccccc6)c6cc7ccccc7cc6cc5c34)c2)cc1. The van der Waals surface area contributed by atoms with Gasteiger partial charge in [0.25, 0.3) is 0 Å². The van der Waals surface area contributed by atoms with E-state index in [9.17, 15) is 0 Å². The Kier molecular flexibility index (Phi) is 9.03. The summed E-state index contributed by atoms with van der Waals surface area (Å²) in [6, 6.07) is 87.8. The molecule has 310 valence electrons. The number of anilines is 6. The molecule has 0 aliphatic rings. The first-order valence-electron chi connectivity index (χ1n) is 22.4. The van der Waals surface area contributed by atoms with Crippen molar-refractivity contribution in [2.45, 2.75) is 0 Å². The van der Waals surface area contributed by atoms with Gasteiger partial charge in [0.15, 0.2) is 0 Å². The van der Waals surface area contributed by atoms with E-state index in [0.717, 1.165) is 72.6 Å². The third-order valence-electron chi connectivity index (χ3n) is 12.9. The molecule has 0 radical (unpaired) electrons. The highest BCUT2D eigenvalue weighted by Crippen LogP contribution is 2.53. The van der Waals surface area contributed by atoms with Gasteiger partial charge in [-0.1, -0.05) is 146 Å². The molecule has 66 heavy (non-hydrogen) atoms. The Bertz CT molecular complexity index is 3840. The van der Waals surface area contributed by atoms with Gasteiger partial charge in [0.1, 0.15) is 11.2 Å². The quantitative estimate of drug-likeness (QED) is 0.142. The van der Waals surface area contributed by atoms with Crippen LogP contribution in [0.2, 0.25) is 0 Å². The monoisotopic (exact) mass is 860 g/mol. The van der Waals surface area contributed by atoms with Gasteiger partial charge in [-0.05, 0) is 129 Å². The van der Waals surface area contributed by atoms with Crippen LogP contribution in [0, 0.1) is 0 Å². The summed E-state index contributed by atoms with van der Waals surface area (Å²) in [5, 5.41) is 9.45. The Morgan fingerprint density at radius 3 is 1.58 bits per heavy atom. The first kappa shape index (κ1) is 38.1. The van der Waals surface area contributed by atoms with Crippen molar-refractivity contribution in [1.82, 2.24) is 0 Å². The maximum Gasteiger partial charge on any atom is 0.137 e. The standard InChI is InChI=1S/C62H40N2OS/c1-5-18-41(19-6-1)45-35-46(42-20-7-2-8-21-42)37-51(36-45)63(50-32-33-53-52-28-15-16-30-57(52)65-58(53)40-50)56-29-17-31-59-60(56)55-39-47-34-43-22-13-14-23-44(43)38-54(47)61(62(55)66-59)64(48-24-9-3-10-25-48)49-26-11-4-12-27-49/h1-40H. The zero-order chi connectivity index (χ0) is 43.6. The first-order chi connectivity index (χ1) is 32.7. The summed E-state index contributed by atoms with van der Waals surface area (Å²) in [6.07, 6.45) is 0. The molecule has 0 fully saturated rings. The van der Waals surface area contributed by atoms with Gasteiger partial charge < -0.3 is 14.2 Å². The minimum atomic E-state index is 0.852. The molecule has 13 aromatic rings. The minimum absolute atomic E-state index is 0.852. The summed E-state index contributed by atoms with van der Waals surface area (Å²) in [4.78, 5) is 4.91. The van der Waals surface area contributed by atoms with E-state index in [4.69, 9.17) is 4.42 Å². The summed E-state index contributed by atoms with van der Waals surface area (Å²) in [7, 11) is 0. The lowest BCUT2D eigenvalue weighted by atomic mass is 9.96. The highest BCUT2D eigenvalue weighted by Gasteiger charge is 2.26. The van der Waals surface area contributed by atoms with Crippen LogP contribution < -0.4 is 9.80 Å². The lowest BCUT2D eigenvalue weighted by Gasteiger charge is -2.28. The number of nitrogens with zero attached hydrogens (tertiary/aromatic N) is 2. The lowest BCUT2D eigenvalue weighted by molar-refractivity contribution is 0.669. The van der Waals surface area contributed by atoms with E-state index in [1.165, 1.54) is 47.4 Å². The second kappa shape index (κ2) is 15.7. The van der Waals surface area contributed by atoms with Crippen LogP contribution in [0.1, 0.15) is 0 Å². The van der Waals surface area contributed by atoms with E-state index in [-0.39, 0.29) is 0 Å². The van der Waals surface area contributed by atoms with Crippen LogP contribution in [0.25, 0.3) is 85.9 Å². The molecule has 0 unspecified atom stereocenters. The summed E-state index contributed by atoms with van der Waals surface area (Å²) in [5.74, 6) is 0. The van der Waals surface area contributed by atoms with Crippen LogP contribution in [0.4, 0.5) is 34.1 Å². The van der Waals surface area contributed by atoms with Crippen LogP contribution in [0.15, 0.2) is 247 Å². The van der Waals surface area contributed by atoms with Gasteiger partial charge in [-0.25, -0.2) is 0 Å². The molecule has 0 aliphatic heterocycles. The first-order valence-corrected chi connectivity index (χ1v) is 23.2. The maximum atomic E-state index is 6.62. The van der Waals surface area contributed by atoms with Gasteiger partial charge in [0, 0.05) is 60.4 Å². The van der Waals surface area contributed by atoms with Crippen LogP contribution in [0.3, 0.4) is 0 Å². The minimum Gasteiger partial charge on any atom is -0.456 e. The molecule has 2 heterocycles. The normalized spacial score (nSPS) is 11.6. The fourth-order valence-corrected chi connectivity index (χ4v) is 11.2.